The molecule has 6 aromatic carbocycles. The van der Waals surface area contributed by atoms with Crippen molar-refractivity contribution in [2.75, 3.05) is 0 Å². The zero-order valence-corrected chi connectivity index (χ0v) is 24.9. The van der Waals surface area contributed by atoms with Crippen molar-refractivity contribution in [2.24, 2.45) is 4.99 Å². The van der Waals surface area contributed by atoms with Gasteiger partial charge in [-0.05, 0) is 53.9 Å². The summed E-state index contributed by atoms with van der Waals surface area (Å²) in [5.74, 6) is 0. The Balaban J connectivity index is 1.36. The first kappa shape index (κ1) is 26.7. The summed E-state index contributed by atoms with van der Waals surface area (Å²) >= 11 is 0. The highest BCUT2D eigenvalue weighted by atomic mass is 16.3. The Kier molecular flexibility index (Phi) is 6.50. The summed E-state index contributed by atoms with van der Waals surface area (Å²) in [7, 11) is 0. The van der Waals surface area contributed by atoms with Crippen LogP contribution in [-0.4, -0.2) is 10.3 Å². The van der Waals surface area contributed by atoms with Crippen molar-refractivity contribution in [3.63, 3.8) is 0 Å². The lowest BCUT2D eigenvalue weighted by Gasteiger charge is -2.11. The van der Waals surface area contributed by atoms with Gasteiger partial charge in [0.1, 0.15) is 11.3 Å². The van der Waals surface area contributed by atoms with E-state index in [0.717, 1.165) is 55.5 Å². The molecule has 3 heteroatoms. The van der Waals surface area contributed by atoms with Gasteiger partial charge in [-0.1, -0.05) is 128 Å². The van der Waals surface area contributed by atoms with Crippen LogP contribution in [0.15, 0.2) is 161 Å². The van der Waals surface area contributed by atoms with Crippen LogP contribution in [-0.2, 0) is 0 Å². The van der Waals surface area contributed by atoms with Gasteiger partial charge in [0.15, 0.2) is 5.42 Å². The number of rotatable bonds is 5. The molecule has 0 aliphatic heterocycles. The average Bonchev–Trinajstić information content (AvgIpc) is 3.62. The fourth-order valence-corrected chi connectivity index (χ4v) is 6.41. The Morgan fingerprint density at radius 3 is 1.91 bits per heavy atom. The summed E-state index contributed by atoms with van der Waals surface area (Å²) in [6.45, 7) is 6.62. The van der Waals surface area contributed by atoms with Gasteiger partial charge in [-0.3, -0.25) is 0 Å². The highest BCUT2D eigenvalue weighted by molar-refractivity contribution is 6.09. The molecule has 0 atom stereocenters. The second-order valence-corrected chi connectivity index (χ2v) is 11.3. The molecule has 0 aliphatic rings. The lowest BCUT2D eigenvalue weighted by Crippen LogP contribution is -2.22. The summed E-state index contributed by atoms with van der Waals surface area (Å²) in [4.78, 5) is 5.15. The van der Waals surface area contributed by atoms with Gasteiger partial charge in [0.05, 0.1) is 11.0 Å². The van der Waals surface area contributed by atoms with E-state index in [1.54, 1.807) is 0 Å². The second kappa shape index (κ2) is 11.0. The number of furan rings is 1. The van der Waals surface area contributed by atoms with Gasteiger partial charge in [-0.25, -0.2) is 4.99 Å². The normalized spacial score (nSPS) is 12.7. The third kappa shape index (κ3) is 4.57. The number of fused-ring (bicyclic) bond motifs is 4. The van der Waals surface area contributed by atoms with E-state index in [9.17, 15) is 0 Å². The van der Waals surface area contributed by atoms with Crippen molar-refractivity contribution in [1.82, 2.24) is 4.57 Å². The van der Waals surface area contributed by atoms with Crippen LogP contribution in [0.1, 0.15) is 18.1 Å². The third-order valence-corrected chi connectivity index (χ3v) is 8.54. The number of aromatic nitrogens is 1. The van der Waals surface area contributed by atoms with E-state index < -0.39 is 0 Å². The van der Waals surface area contributed by atoms with Crippen LogP contribution in [0, 0.1) is 0 Å². The zero-order valence-electron chi connectivity index (χ0n) is 24.9. The Bertz CT molecular complexity index is 2450. The number of nitrogens with zero attached hydrogens (tertiary/aromatic N) is 2. The van der Waals surface area contributed by atoms with Crippen LogP contribution in [0.25, 0.3) is 61.9 Å². The topological polar surface area (TPSA) is 30.4 Å². The van der Waals surface area contributed by atoms with Crippen LogP contribution in [0.3, 0.4) is 0 Å². The second-order valence-electron chi connectivity index (χ2n) is 11.3. The summed E-state index contributed by atoms with van der Waals surface area (Å²) in [5, 5.41) is 4.31. The maximum absolute atomic E-state index is 6.62. The molecule has 45 heavy (non-hydrogen) atoms. The molecular weight excluding hydrogens is 548 g/mol. The van der Waals surface area contributed by atoms with Crippen molar-refractivity contribution in [3.8, 4) is 16.8 Å². The van der Waals surface area contributed by atoms with E-state index in [0.29, 0.717) is 5.42 Å². The first-order valence-corrected chi connectivity index (χ1v) is 15.2. The molecule has 0 radical (unpaired) electrons. The number of para-hydroxylation sites is 2. The molecule has 0 spiro atoms. The van der Waals surface area contributed by atoms with Gasteiger partial charge < -0.3 is 8.98 Å². The van der Waals surface area contributed by atoms with E-state index in [1.165, 1.54) is 21.8 Å². The van der Waals surface area contributed by atoms with Crippen LogP contribution in [0.5, 0.6) is 0 Å². The minimum absolute atomic E-state index is 0.678. The Labute approximate surface area is 261 Å². The predicted molar refractivity (Wildman–Crippen MR) is 188 cm³/mol. The standard InChI is InChI=1S/C42H30N2O/c1-28-40-34(32-19-13-20-33(27-32)44-37-24-11-9-21-35(37)36-22-10-12-25-38(36)44)23-14-26-39(40)45-42(28)41(31-17-7-4-8-18-31)43-29(2)30-15-5-3-6-16-30/h3-27H,1H2,2H3/b42-41+,43-29?. The van der Waals surface area contributed by atoms with Crippen LogP contribution >= 0.6 is 0 Å². The molecule has 0 amide bonds. The van der Waals surface area contributed by atoms with E-state index in [-0.39, 0.29) is 0 Å². The van der Waals surface area contributed by atoms with Crippen molar-refractivity contribution in [1.29, 1.82) is 0 Å². The fraction of sp³-hybridized carbons (Fsp3) is 0.0238. The molecular formula is C42H30N2O. The number of hydrogen-bond donors (Lipinski definition) is 0. The minimum Gasteiger partial charge on any atom is -0.454 e. The number of benzene rings is 6. The van der Waals surface area contributed by atoms with Crippen molar-refractivity contribution < 1.29 is 4.42 Å². The maximum atomic E-state index is 6.62. The van der Waals surface area contributed by atoms with Gasteiger partial charge in [0.25, 0.3) is 0 Å². The third-order valence-electron chi connectivity index (χ3n) is 8.54. The fourth-order valence-electron chi connectivity index (χ4n) is 6.41. The monoisotopic (exact) mass is 578 g/mol. The number of hydrogen-bond acceptors (Lipinski definition) is 2. The predicted octanol–water partition coefficient (Wildman–Crippen LogP) is 9.27. The van der Waals surface area contributed by atoms with Gasteiger partial charge in [-0.15, -0.1) is 0 Å². The molecule has 0 N–H and O–H groups in total. The van der Waals surface area contributed by atoms with E-state index >= 15 is 0 Å². The lowest BCUT2D eigenvalue weighted by atomic mass is 10.00. The molecule has 0 fully saturated rings. The first-order chi connectivity index (χ1) is 22.2. The molecule has 8 aromatic rings. The van der Waals surface area contributed by atoms with Crippen LogP contribution in [0.2, 0.25) is 0 Å². The molecule has 3 nitrogen and oxygen atoms in total. The molecule has 2 aromatic heterocycles. The molecule has 0 unspecified atom stereocenters. The van der Waals surface area contributed by atoms with Gasteiger partial charge in [0, 0.05) is 38.3 Å². The van der Waals surface area contributed by atoms with Gasteiger partial charge >= 0.3 is 0 Å². The summed E-state index contributed by atoms with van der Waals surface area (Å²) in [5.41, 5.74) is 10.8. The van der Waals surface area contributed by atoms with E-state index in [2.05, 4.69) is 120 Å². The average molecular weight is 579 g/mol. The van der Waals surface area contributed by atoms with Crippen molar-refractivity contribution in [2.45, 2.75) is 6.92 Å². The molecule has 214 valence electrons. The van der Waals surface area contributed by atoms with Crippen molar-refractivity contribution >= 4 is 50.8 Å². The molecule has 0 aliphatic carbocycles. The highest BCUT2D eigenvalue weighted by Gasteiger charge is 2.16. The van der Waals surface area contributed by atoms with Gasteiger partial charge in [0.2, 0.25) is 0 Å². The number of aliphatic imine (C=N–C) groups is 1. The van der Waals surface area contributed by atoms with Crippen LogP contribution in [0.4, 0.5) is 0 Å². The lowest BCUT2D eigenvalue weighted by molar-refractivity contribution is 0.572. The molecule has 0 bridgehead atoms. The molecule has 0 saturated carbocycles. The van der Waals surface area contributed by atoms with Crippen molar-refractivity contribution in [3.05, 3.63) is 173 Å². The Morgan fingerprint density at radius 1 is 0.622 bits per heavy atom. The smallest absolute Gasteiger partial charge is 0.161 e. The van der Waals surface area contributed by atoms with E-state index in [4.69, 9.17) is 9.41 Å². The summed E-state index contributed by atoms with van der Waals surface area (Å²) in [6.07, 6.45) is 0. The zero-order chi connectivity index (χ0) is 30.3. The maximum Gasteiger partial charge on any atom is 0.161 e. The summed E-state index contributed by atoms with van der Waals surface area (Å²) in [6, 6.07) is 52.6. The Hall–Kier alpha value is -5.93. The molecule has 0 saturated heterocycles. The molecule has 2 heterocycles. The Morgan fingerprint density at radius 2 is 1.22 bits per heavy atom. The van der Waals surface area contributed by atoms with Crippen LogP contribution < -0.4 is 10.6 Å². The largest absolute Gasteiger partial charge is 0.454 e. The van der Waals surface area contributed by atoms with Gasteiger partial charge in [-0.2, -0.15) is 0 Å². The first-order valence-electron chi connectivity index (χ1n) is 15.2. The minimum atomic E-state index is 0.678. The summed E-state index contributed by atoms with van der Waals surface area (Å²) < 4.78 is 8.97. The quantitative estimate of drug-likeness (QED) is 0.187. The SMILES string of the molecule is C=c1/c(=C(\N=C(C)c2ccccc2)c2ccccc2)oc2cccc(-c3cccc(-n4c5ccccc5c5ccccc54)c3)c12. The highest BCUT2D eigenvalue weighted by Crippen LogP contribution is 2.34. The molecule has 8 rings (SSSR count). The van der Waals surface area contributed by atoms with E-state index in [1.807, 2.05) is 49.4 Å².